The van der Waals surface area contributed by atoms with Gasteiger partial charge in [0.05, 0.1) is 0 Å². The summed E-state index contributed by atoms with van der Waals surface area (Å²) < 4.78 is 0. The van der Waals surface area contributed by atoms with Crippen molar-refractivity contribution in [1.29, 1.82) is 0 Å². The predicted octanol–water partition coefficient (Wildman–Crippen LogP) is 14.1. The molecule has 238 valence electrons. The first kappa shape index (κ1) is 38.2. The molecule has 0 heterocycles. The number of hydrogen-bond donors (Lipinski definition) is 0. The van der Waals surface area contributed by atoms with E-state index in [4.69, 9.17) is 17.0 Å². The molecule has 0 saturated heterocycles. The van der Waals surface area contributed by atoms with Crippen LogP contribution in [0.15, 0.2) is 97.1 Å². The van der Waals surface area contributed by atoms with Crippen LogP contribution < -0.4 is 0 Å². The molecule has 0 N–H and O–H groups in total. The van der Waals surface area contributed by atoms with Gasteiger partial charge in [0.15, 0.2) is 0 Å². The van der Waals surface area contributed by atoms with Crippen molar-refractivity contribution < 1.29 is 20.8 Å². The molecule has 0 saturated carbocycles. The molecule has 46 heavy (non-hydrogen) atoms. The summed E-state index contributed by atoms with van der Waals surface area (Å²) in [5.74, 6) is 1.16. The third-order valence-electron chi connectivity index (χ3n) is 7.94. The molecule has 0 aliphatic heterocycles. The van der Waals surface area contributed by atoms with Gasteiger partial charge in [-0.05, 0) is 50.7 Å². The van der Waals surface area contributed by atoms with Gasteiger partial charge in [-0.1, -0.05) is 123 Å². The van der Waals surface area contributed by atoms with Crippen molar-refractivity contribution in [2.24, 2.45) is 0 Å². The molecule has 2 radical (unpaired) electrons. The second-order valence-corrected chi connectivity index (χ2v) is 17.6. The molecule has 0 aliphatic carbocycles. The summed E-state index contributed by atoms with van der Waals surface area (Å²) in [6.45, 7) is 22.0. The van der Waals surface area contributed by atoms with Crippen molar-refractivity contribution in [2.75, 3.05) is 0 Å². The second-order valence-electron chi connectivity index (χ2n) is 12.8. The van der Waals surface area contributed by atoms with Gasteiger partial charge in [-0.25, -0.2) is 0 Å². The van der Waals surface area contributed by atoms with E-state index in [9.17, 15) is 0 Å². The maximum atomic E-state index is 4.93. The van der Waals surface area contributed by atoms with E-state index in [2.05, 4.69) is 166 Å². The number of aryl methyl sites for hydroxylation is 4. The number of fused-ring (bicyclic) bond motifs is 2. The molecule has 0 atom stereocenters. The van der Waals surface area contributed by atoms with Gasteiger partial charge in [-0.2, -0.15) is 12.1 Å². The monoisotopic (exact) mass is 740 g/mol. The Bertz CT molecular complexity index is 1660. The summed E-state index contributed by atoms with van der Waals surface area (Å²) in [7, 11) is 11.0. The Hall–Kier alpha value is -2.22. The standard InChI is InChI=1S/2C20H21.C2H6Si.2ClH.Zr/c2*1-13(2)17-11-16-6-5-7-19(20(16)12-17)18-9-14(3)8-15(4)10-18;1-3-2;;;/h2*5-13H,1-4H3;1-2H3;2*1H;/q2*-1;;;;+4/p-2. The van der Waals surface area contributed by atoms with Gasteiger partial charge in [0.25, 0.3) is 0 Å². The van der Waals surface area contributed by atoms with E-state index in [0.717, 1.165) is 9.52 Å². The minimum absolute atomic E-state index is 0.578. The van der Waals surface area contributed by atoms with Crippen molar-refractivity contribution in [2.45, 2.75) is 80.3 Å². The molecule has 0 fully saturated rings. The van der Waals surface area contributed by atoms with Crippen LogP contribution in [0.4, 0.5) is 0 Å². The molecule has 4 heteroatoms. The molecule has 6 rings (SSSR count). The fraction of sp³-hybridized carbons (Fsp3) is 0.286. The molecule has 0 spiro atoms. The third-order valence-corrected chi connectivity index (χ3v) is 7.94. The molecular weight excluding hydrogens is 695 g/mol. The Morgan fingerprint density at radius 1 is 0.543 bits per heavy atom. The average Bonchev–Trinajstić information content (AvgIpc) is 3.62. The van der Waals surface area contributed by atoms with E-state index >= 15 is 0 Å². The molecule has 0 bridgehead atoms. The first-order valence-corrected chi connectivity index (χ1v) is 24.4. The van der Waals surface area contributed by atoms with Gasteiger partial charge in [-0.3, -0.25) is 0 Å². The van der Waals surface area contributed by atoms with Crippen molar-refractivity contribution in [3.63, 3.8) is 0 Å². The van der Waals surface area contributed by atoms with Crippen LogP contribution in [-0.2, 0) is 20.8 Å². The van der Waals surface area contributed by atoms with Crippen LogP contribution in [0.1, 0.15) is 72.9 Å². The predicted molar refractivity (Wildman–Crippen MR) is 206 cm³/mol. The van der Waals surface area contributed by atoms with Crippen LogP contribution in [0.3, 0.4) is 0 Å². The molecule has 6 aromatic carbocycles. The normalized spacial score (nSPS) is 10.6. The van der Waals surface area contributed by atoms with Crippen LogP contribution >= 0.6 is 17.0 Å². The van der Waals surface area contributed by atoms with Gasteiger partial charge in [0.1, 0.15) is 0 Å². The number of rotatable bonds is 4. The molecule has 0 amide bonds. The van der Waals surface area contributed by atoms with E-state index in [1.54, 1.807) is 0 Å². The van der Waals surface area contributed by atoms with Crippen LogP contribution in [0, 0.1) is 27.7 Å². The Kier molecular flexibility index (Phi) is 15.3. The van der Waals surface area contributed by atoms with Crippen molar-refractivity contribution >= 4 is 48.1 Å². The van der Waals surface area contributed by atoms with Crippen LogP contribution in [0.2, 0.25) is 13.1 Å². The Morgan fingerprint density at radius 3 is 1.13 bits per heavy atom. The molecule has 6 aromatic rings. The third kappa shape index (κ3) is 10.4. The molecule has 0 unspecified atom stereocenters. The zero-order valence-electron chi connectivity index (χ0n) is 29.1. The first-order chi connectivity index (χ1) is 21.9. The van der Waals surface area contributed by atoms with E-state index in [0.29, 0.717) is 11.8 Å². The van der Waals surface area contributed by atoms with Gasteiger partial charge in [-0.15, -0.1) is 69.1 Å². The SMILES string of the molecule is C[Si]C.Cc1cc(C)cc(-c2cccc3[cH-]c(C(C)C)cc23)c1.Cc1cc(C)cc(-c2cccc3[cH-]c(C(C)C)cc23)c1.[Cl][Zr+2][Cl]. The molecule has 0 nitrogen and oxygen atoms in total. The van der Waals surface area contributed by atoms with Crippen molar-refractivity contribution in [3.8, 4) is 22.3 Å². The molecular formula is C42H48Cl2SiZr. The Labute approximate surface area is 299 Å². The summed E-state index contributed by atoms with van der Waals surface area (Å²) >= 11 is -0.826. The van der Waals surface area contributed by atoms with Gasteiger partial charge in [0.2, 0.25) is 0 Å². The zero-order valence-corrected chi connectivity index (χ0v) is 34.1. The fourth-order valence-corrected chi connectivity index (χ4v) is 5.95. The average molecular weight is 743 g/mol. The summed E-state index contributed by atoms with van der Waals surface area (Å²) in [6.07, 6.45) is 0. The van der Waals surface area contributed by atoms with Crippen molar-refractivity contribution in [3.05, 3.63) is 130 Å². The number of benzene rings is 4. The van der Waals surface area contributed by atoms with Gasteiger partial charge in [0, 0.05) is 9.52 Å². The van der Waals surface area contributed by atoms with E-state index in [-0.39, 0.29) is 0 Å². The topological polar surface area (TPSA) is 0 Å². The fourth-order valence-electron chi connectivity index (χ4n) is 5.95. The van der Waals surface area contributed by atoms with E-state index in [1.807, 2.05) is 0 Å². The summed E-state index contributed by atoms with van der Waals surface area (Å²) in [5, 5.41) is 5.46. The van der Waals surface area contributed by atoms with E-state index < -0.39 is 20.8 Å². The Balaban J connectivity index is 0.000000214. The van der Waals surface area contributed by atoms with Gasteiger partial charge < -0.3 is 0 Å². The maximum absolute atomic E-state index is 4.93. The first-order valence-electron chi connectivity index (χ1n) is 16.0. The van der Waals surface area contributed by atoms with Crippen molar-refractivity contribution in [1.82, 2.24) is 0 Å². The van der Waals surface area contributed by atoms with Crippen LogP contribution in [0.5, 0.6) is 0 Å². The van der Waals surface area contributed by atoms with Crippen LogP contribution in [0.25, 0.3) is 43.8 Å². The summed E-state index contributed by atoms with van der Waals surface area (Å²) in [6, 6.07) is 36.2. The summed E-state index contributed by atoms with van der Waals surface area (Å²) in [4.78, 5) is 0. The minimum atomic E-state index is -0.826. The number of hydrogen-bond acceptors (Lipinski definition) is 0. The van der Waals surface area contributed by atoms with Crippen LogP contribution in [-0.4, -0.2) is 9.52 Å². The van der Waals surface area contributed by atoms with E-state index in [1.165, 1.54) is 77.2 Å². The number of halogens is 2. The second kappa shape index (κ2) is 18.4. The molecule has 0 aromatic heterocycles. The summed E-state index contributed by atoms with van der Waals surface area (Å²) in [5.41, 5.74) is 13.5. The zero-order chi connectivity index (χ0) is 34.0. The Morgan fingerprint density at radius 2 is 0.848 bits per heavy atom. The van der Waals surface area contributed by atoms with Gasteiger partial charge >= 0.3 is 37.9 Å². The quantitative estimate of drug-likeness (QED) is 0.125. The molecule has 0 aliphatic rings.